The standard InChI is InChI=1S/C15H22N2O2/c1-10-4-5-12(8-10)17-14-9-13(16-11(2)18)6-7-15(14)19-3/h6-7,9-10,12,17H,4-5,8H2,1-3H3,(H,16,18). The zero-order valence-electron chi connectivity index (χ0n) is 11.8. The number of hydrogen-bond acceptors (Lipinski definition) is 3. The lowest BCUT2D eigenvalue weighted by atomic mass is 10.1. The van der Waals surface area contributed by atoms with E-state index >= 15 is 0 Å². The van der Waals surface area contributed by atoms with E-state index < -0.39 is 0 Å². The molecule has 0 bridgehead atoms. The quantitative estimate of drug-likeness (QED) is 0.875. The SMILES string of the molecule is COc1ccc(NC(C)=O)cc1NC1CCC(C)C1. The molecular formula is C15H22N2O2. The van der Waals surface area contributed by atoms with Crippen LogP contribution in [0.2, 0.25) is 0 Å². The van der Waals surface area contributed by atoms with E-state index in [1.54, 1.807) is 7.11 Å². The van der Waals surface area contributed by atoms with Gasteiger partial charge >= 0.3 is 0 Å². The van der Waals surface area contributed by atoms with E-state index in [1.807, 2.05) is 18.2 Å². The van der Waals surface area contributed by atoms with E-state index in [1.165, 1.54) is 26.2 Å². The van der Waals surface area contributed by atoms with Gasteiger partial charge in [0.1, 0.15) is 5.75 Å². The number of hydrogen-bond donors (Lipinski definition) is 2. The Labute approximate surface area is 114 Å². The van der Waals surface area contributed by atoms with Crippen molar-refractivity contribution < 1.29 is 9.53 Å². The maximum absolute atomic E-state index is 11.1. The van der Waals surface area contributed by atoms with Crippen molar-refractivity contribution in [2.75, 3.05) is 17.7 Å². The first-order valence-electron chi connectivity index (χ1n) is 6.80. The molecule has 4 heteroatoms. The van der Waals surface area contributed by atoms with Gasteiger partial charge in [-0.15, -0.1) is 0 Å². The molecule has 0 saturated heterocycles. The van der Waals surface area contributed by atoms with Gasteiger partial charge in [0, 0.05) is 18.7 Å². The fourth-order valence-corrected chi connectivity index (χ4v) is 2.66. The maximum atomic E-state index is 11.1. The van der Waals surface area contributed by atoms with Gasteiger partial charge < -0.3 is 15.4 Å². The number of nitrogens with one attached hydrogen (secondary N) is 2. The third-order valence-corrected chi connectivity index (χ3v) is 3.57. The zero-order valence-corrected chi connectivity index (χ0v) is 11.8. The van der Waals surface area contributed by atoms with Crippen LogP contribution in [0.3, 0.4) is 0 Å². The van der Waals surface area contributed by atoms with E-state index in [0.717, 1.165) is 23.0 Å². The minimum Gasteiger partial charge on any atom is -0.495 e. The van der Waals surface area contributed by atoms with Crippen molar-refractivity contribution in [1.82, 2.24) is 0 Å². The first-order chi connectivity index (χ1) is 9.08. The highest BCUT2D eigenvalue weighted by molar-refractivity contribution is 5.89. The molecule has 2 N–H and O–H groups in total. The van der Waals surface area contributed by atoms with Crippen LogP contribution in [-0.4, -0.2) is 19.1 Å². The summed E-state index contributed by atoms with van der Waals surface area (Å²) in [5, 5.41) is 6.32. The summed E-state index contributed by atoms with van der Waals surface area (Å²) >= 11 is 0. The van der Waals surface area contributed by atoms with Crippen LogP contribution in [0.15, 0.2) is 18.2 Å². The lowest BCUT2D eigenvalue weighted by Crippen LogP contribution is -2.16. The van der Waals surface area contributed by atoms with E-state index in [0.29, 0.717) is 6.04 Å². The lowest BCUT2D eigenvalue weighted by molar-refractivity contribution is -0.114. The molecule has 2 atom stereocenters. The number of rotatable bonds is 4. The largest absolute Gasteiger partial charge is 0.495 e. The second kappa shape index (κ2) is 5.95. The van der Waals surface area contributed by atoms with Crippen molar-refractivity contribution in [3.63, 3.8) is 0 Å². The van der Waals surface area contributed by atoms with Crippen LogP contribution in [0, 0.1) is 5.92 Å². The molecule has 2 rings (SSSR count). The summed E-state index contributed by atoms with van der Waals surface area (Å²) in [7, 11) is 1.66. The Hall–Kier alpha value is -1.71. The third-order valence-electron chi connectivity index (χ3n) is 3.57. The molecule has 104 valence electrons. The number of amides is 1. The third kappa shape index (κ3) is 3.63. The average molecular weight is 262 g/mol. The van der Waals surface area contributed by atoms with Gasteiger partial charge in [-0.25, -0.2) is 0 Å². The van der Waals surface area contributed by atoms with Gasteiger partial charge in [-0.2, -0.15) is 0 Å². The Morgan fingerprint density at radius 2 is 2.16 bits per heavy atom. The number of anilines is 2. The predicted molar refractivity (Wildman–Crippen MR) is 77.7 cm³/mol. The molecule has 19 heavy (non-hydrogen) atoms. The van der Waals surface area contributed by atoms with Crippen molar-refractivity contribution >= 4 is 17.3 Å². The zero-order chi connectivity index (χ0) is 13.8. The summed E-state index contributed by atoms with van der Waals surface area (Å²) in [5.41, 5.74) is 1.75. The van der Waals surface area contributed by atoms with E-state index in [-0.39, 0.29) is 5.91 Å². The first-order valence-corrected chi connectivity index (χ1v) is 6.80. The molecule has 0 heterocycles. The minimum atomic E-state index is -0.0643. The number of carbonyl (C=O) groups is 1. The van der Waals surface area contributed by atoms with E-state index in [2.05, 4.69) is 17.6 Å². The molecule has 1 aliphatic carbocycles. The normalized spacial score (nSPS) is 22.1. The van der Waals surface area contributed by atoms with Crippen LogP contribution < -0.4 is 15.4 Å². The molecule has 1 aromatic carbocycles. The fourth-order valence-electron chi connectivity index (χ4n) is 2.66. The molecule has 0 radical (unpaired) electrons. The van der Waals surface area contributed by atoms with Crippen molar-refractivity contribution in [2.45, 2.75) is 39.2 Å². The van der Waals surface area contributed by atoms with Crippen molar-refractivity contribution in [1.29, 1.82) is 0 Å². The molecule has 1 fully saturated rings. The molecule has 1 aliphatic rings. The molecule has 1 saturated carbocycles. The molecule has 0 aromatic heterocycles. The van der Waals surface area contributed by atoms with Gasteiger partial charge in [0.15, 0.2) is 0 Å². The van der Waals surface area contributed by atoms with Crippen LogP contribution >= 0.6 is 0 Å². The van der Waals surface area contributed by atoms with Crippen LogP contribution in [0.5, 0.6) is 5.75 Å². The van der Waals surface area contributed by atoms with Crippen molar-refractivity contribution in [3.8, 4) is 5.75 Å². The van der Waals surface area contributed by atoms with Crippen molar-refractivity contribution in [3.05, 3.63) is 18.2 Å². The molecule has 4 nitrogen and oxygen atoms in total. The summed E-state index contributed by atoms with van der Waals surface area (Å²) in [5.74, 6) is 1.53. The maximum Gasteiger partial charge on any atom is 0.221 e. The smallest absolute Gasteiger partial charge is 0.221 e. The highest BCUT2D eigenvalue weighted by Gasteiger charge is 2.22. The van der Waals surface area contributed by atoms with Gasteiger partial charge in [0.05, 0.1) is 12.8 Å². The molecule has 0 aliphatic heterocycles. The Morgan fingerprint density at radius 3 is 2.74 bits per heavy atom. The summed E-state index contributed by atoms with van der Waals surface area (Å²) in [6, 6.07) is 6.16. The van der Waals surface area contributed by atoms with Crippen LogP contribution in [0.4, 0.5) is 11.4 Å². The van der Waals surface area contributed by atoms with Crippen LogP contribution in [-0.2, 0) is 4.79 Å². The second-order valence-corrected chi connectivity index (χ2v) is 5.36. The number of methoxy groups -OCH3 is 1. The second-order valence-electron chi connectivity index (χ2n) is 5.36. The average Bonchev–Trinajstić information content (AvgIpc) is 2.74. The fraction of sp³-hybridized carbons (Fsp3) is 0.533. The molecule has 1 amide bonds. The molecular weight excluding hydrogens is 240 g/mol. The minimum absolute atomic E-state index is 0.0643. The molecule has 0 spiro atoms. The summed E-state index contributed by atoms with van der Waals surface area (Å²) < 4.78 is 5.37. The van der Waals surface area contributed by atoms with Crippen LogP contribution in [0.1, 0.15) is 33.1 Å². The van der Waals surface area contributed by atoms with Gasteiger partial charge in [0.2, 0.25) is 5.91 Å². The Kier molecular flexibility index (Phi) is 4.30. The highest BCUT2D eigenvalue weighted by Crippen LogP contribution is 2.33. The predicted octanol–water partition coefficient (Wildman–Crippen LogP) is 3.25. The van der Waals surface area contributed by atoms with Crippen molar-refractivity contribution in [2.24, 2.45) is 5.92 Å². The summed E-state index contributed by atoms with van der Waals surface area (Å²) in [6.45, 7) is 3.79. The monoisotopic (exact) mass is 262 g/mol. The number of benzene rings is 1. The Bertz CT molecular complexity index is 459. The Balaban J connectivity index is 2.13. The summed E-state index contributed by atoms with van der Waals surface area (Å²) in [6.07, 6.45) is 3.65. The van der Waals surface area contributed by atoms with E-state index in [9.17, 15) is 4.79 Å². The number of ether oxygens (including phenoxy) is 1. The van der Waals surface area contributed by atoms with E-state index in [4.69, 9.17) is 4.74 Å². The lowest BCUT2D eigenvalue weighted by Gasteiger charge is -2.18. The van der Waals surface area contributed by atoms with Gasteiger partial charge in [0.25, 0.3) is 0 Å². The number of carbonyl (C=O) groups excluding carboxylic acids is 1. The van der Waals surface area contributed by atoms with Gasteiger partial charge in [-0.05, 0) is 43.4 Å². The van der Waals surface area contributed by atoms with Crippen LogP contribution in [0.25, 0.3) is 0 Å². The molecule has 1 aromatic rings. The first kappa shape index (κ1) is 13.7. The van der Waals surface area contributed by atoms with Gasteiger partial charge in [-0.3, -0.25) is 4.79 Å². The highest BCUT2D eigenvalue weighted by atomic mass is 16.5. The summed E-state index contributed by atoms with van der Waals surface area (Å²) in [4.78, 5) is 11.1. The van der Waals surface area contributed by atoms with Gasteiger partial charge in [-0.1, -0.05) is 6.92 Å². The Morgan fingerprint density at radius 1 is 1.37 bits per heavy atom. The molecule has 2 unspecified atom stereocenters. The topological polar surface area (TPSA) is 50.4 Å².